The number of hydrogen-bond donors (Lipinski definition) is 1. The van der Waals surface area contributed by atoms with Crippen LogP contribution in [-0.2, 0) is 6.54 Å². The summed E-state index contributed by atoms with van der Waals surface area (Å²) < 4.78 is 25.8. The Morgan fingerprint density at radius 1 is 1.00 bits per heavy atom. The van der Waals surface area contributed by atoms with Crippen molar-refractivity contribution in [2.75, 3.05) is 13.2 Å². The molecule has 9 heteroatoms. The normalized spacial score (nSPS) is 10.6. The average Bonchev–Trinajstić information content (AvgIpc) is 3.24. The Hall–Kier alpha value is -4.27. The third kappa shape index (κ3) is 5.91. The van der Waals surface area contributed by atoms with Gasteiger partial charge < -0.3 is 14.8 Å². The predicted molar refractivity (Wildman–Crippen MR) is 119 cm³/mol. The lowest BCUT2D eigenvalue weighted by molar-refractivity contribution is 0.0940. The Morgan fingerprint density at radius 3 is 2.48 bits per heavy atom. The quantitative estimate of drug-likeness (QED) is 0.395. The van der Waals surface area contributed by atoms with Crippen molar-refractivity contribution < 1.29 is 18.7 Å². The SMILES string of the molecule is Cc1nc(C(=O)NCc2ccc(OCCOc3ccccc3)nc2)nn1-c1ccc(F)cc1. The van der Waals surface area contributed by atoms with E-state index in [1.165, 1.54) is 16.8 Å². The van der Waals surface area contributed by atoms with Gasteiger partial charge in [0.15, 0.2) is 0 Å². The molecule has 1 N–H and O–H groups in total. The largest absolute Gasteiger partial charge is 0.490 e. The van der Waals surface area contributed by atoms with Crippen molar-refractivity contribution >= 4 is 5.91 Å². The fourth-order valence-electron chi connectivity index (χ4n) is 3.00. The molecule has 0 aliphatic heterocycles. The van der Waals surface area contributed by atoms with E-state index in [0.29, 0.717) is 30.6 Å². The number of benzene rings is 2. The Morgan fingerprint density at radius 2 is 1.76 bits per heavy atom. The maximum absolute atomic E-state index is 13.1. The second kappa shape index (κ2) is 10.4. The number of carbonyl (C=O) groups is 1. The molecular formula is C24H22FN5O3. The first-order valence-electron chi connectivity index (χ1n) is 10.3. The summed E-state index contributed by atoms with van der Waals surface area (Å²) in [5.41, 5.74) is 1.42. The summed E-state index contributed by atoms with van der Waals surface area (Å²) in [4.78, 5) is 20.9. The van der Waals surface area contributed by atoms with Crippen molar-refractivity contribution in [3.63, 3.8) is 0 Å². The molecule has 0 saturated carbocycles. The first kappa shape index (κ1) is 21.9. The molecule has 0 radical (unpaired) electrons. The van der Waals surface area contributed by atoms with Crippen LogP contribution in [0.2, 0.25) is 0 Å². The number of amides is 1. The Labute approximate surface area is 190 Å². The smallest absolute Gasteiger partial charge is 0.291 e. The number of aryl methyl sites for hydroxylation is 1. The van der Waals surface area contributed by atoms with Gasteiger partial charge in [0.1, 0.15) is 30.6 Å². The van der Waals surface area contributed by atoms with E-state index in [4.69, 9.17) is 9.47 Å². The minimum Gasteiger partial charge on any atom is -0.490 e. The highest BCUT2D eigenvalue weighted by molar-refractivity contribution is 5.90. The van der Waals surface area contributed by atoms with Crippen molar-refractivity contribution in [1.82, 2.24) is 25.1 Å². The van der Waals surface area contributed by atoms with Gasteiger partial charge in [0.2, 0.25) is 11.7 Å². The van der Waals surface area contributed by atoms with Gasteiger partial charge in [-0.1, -0.05) is 24.3 Å². The van der Waals surface area contributed by atoms with Gasteiger partial charge in [-0.15, -0.1) is 5.10 Å². The molecule has 8 nitrogen and oxygen atoms in total. The number of pyridine rings is 1. The summed E-state index contributed by atoms with van der Waals surface area (Å²) in [6.07, 6.45) is 1.63. The van der Waals surface area contributed by atoms with Gasteiger partial charge in [0, 0.05) is 18.8 Å². The molecule has 168 valence electrons. The molecule has 33 heavy (non-hydrogen) atoms. The highest BCUT2D eigenvalue weighted by Gasteiger charge is 2.15. The summed E-state index contributed by atoms with van der Waals surface area (Å²) in [6.45, 7) is 2.74. The summed E-state index contributed by atoms with van der Waals surface area (Å²) in [6, 6.07) is 18.8. The van der Waals surface area contributed by atoms with E-state index in [0.717, 1.165) is 11.3 Å². The van der Waals surface area contributed by atoms with Crippen LogP contribution in [0.5, 0.6) is 11.6 Å². The fraction of sp³-hybridized carbons (Fsp3) is 0.167. The topological polar surface area (TPSA) is 91.2 Å². The Bertz CT molecular complexity index is 1200. The molecule has 2 aromatic heterocycles. The summed E-state index contributed by atoms with van der Waals surface area (Å²) in [5, 5.41) is 6.99. The number of carbonyl (C=O) groups excluding carboxylic acids is 1. The molecule has 0 atom stereocenters. The molecule has 0 spiro atoms. The molecule has 0 unspecified atom stereocenters. The van der Waals surface area contributed by atoms with Crippen molar-refractivity contribution in [3.8, 4) is 17.3 Å². The van der Waals surface area contributed by atoms with Crippen molar-refractivity contribution in [2.24, 2.45) is 0 Å². The van der Waals surface area contributed by atoms with E-state index >= 15 is 0 Å². The number of halogens is 1. The number of rotatable bonds is 9. The summed E-state index contributed by atoms with van der Waals surface area (Å²) in [5.74, 6) is 1.04. The summed E-state index contributed by atoms with van der Waals surface area (Å²) >= 11 is 0. The van der Waals surface area contributed by atoms with Crippen LogP contribution in [-0.4, -0.2) is 38.9 Å². The Kier molecular flexibility index (Phi) is 6.89. The zero-order valence-corrected chi connectivity index (χ0v) is 17.9. The summed E-state index contributed by atoms with van der Waals surface area (Å²) in [7, 11) is 0. The lowest BCUT2D eigenvalue weighted by Crippen LogP contribution is -2.24. The van der Waals surface area contributed by atoms with Crippen LogP contribution in [0.3, 0.4) is 0 Å². The van der Waals surface area contributed by atoms with E-state index < -0.39 is 5.91 Å². The first-order chi connectivity index (χ1) is 16.1. The molecule has 4 rings (SSSR count). The van der Waals surface area contributed by atoms with Gasteiger partial charge in [0.25, 0.3) is 5.91 Å². The second-order valence-electron chi connectivity index (χ2n) is 7.07. The zero-order valence-electron chi connectivity index (χ0n) is 17.9. The third-order valence-electron chi connectivity index (χ3n) is 4.64. The van der Waals surface area contributed by atoms with E-state index in [9.17, 15) is 9.18 Å². The fourth-order valence-corrected chi connectivity index (χ4v) is 3.00. The number of para-hydroxylation sites is 1. The Balaban J connectivity index is 1.25. The van der Waals surface area contributed by atoms with Crippen molar-refractivity contribution in [2.45, 2.75) is 13.5 Å². The molecular weight excluding hydrogens is 425 g/mol. The number of aromatic nitrogens is 4. The van der Waals surface area contributed by atoms with Crippen LogP contribution in [0.15, 0.2) is 72.9 Å². The average molecular weight is 447 g/mol. The molecule has 0 saturated heterocycles. The minimum absolute atomic E-state index is 0.0307. The van der Waals surface area contributed by atoms with Gasteiger partial charge in [-0.25, -0.2) is 19.0 Å². The monoisotopic (exact) mass is 447 g/mol. The predicted octanol–water partition coefficient (Wildman–Crippen LogP) is 3.50. The van der Waals surface area contributed by atoms with E-state index in [1.807, 2.05) is 36.4 Å². The molecule has 4 aromatic rings. The molecule has 0 bridgehead atoms. The highest BCUT2D eigenvalue weighted by Crippen LogP contribution is 2.12. The van der Waals surface area contributed by atoms with Gasteiger partial charge in [-0.05, 0) is 48.9 Å². The van der Waals surface area contributed by atoms with Crippen molar-refractivity contribution in [1.29, 1.82) is 0 Å². The van der Waals surface area contributed by atoms with Gasteiger partial charge in [-0.2, -0.15) is 0 Å². The maximum Gasteiger partial charge on any atom is 0.291 e. The molecule has 2 aromatic carbocycles. The lowest BCUT2D eigenvalue weighted by atomic mass is 10.3. The standard InChI is InChI=1S/C24H22FN5O3/c1-17-28-23(29-30(17)20-10-8-19(25)9-11-20)24(31)27-16-18-7-12-22(26-15-18)33-14-13-32-21-5-3-2-4-6-21/h2-12,15H,13-14,16H2,1H3,(H,27,31). The molecule has 0 aliphatic carbocycles. The van der Waals surface area contributed by atoms with Gasteiger partial charge in [0.05, 0.1) is 5.69 Å². The molecule has 0 aliphatic rings. The minimum atomic E-state index is -0.419. The number of hydrogen-bond acceptors (Lipinski definition) is 6. The van der Waals surface area contributed by atoms with Crippen LogP contribution in [0.25, 0.3) is 5.69 Å². The molecule has 0 fully saturated rings. The van der Waals surface area contributed by atoms with Gasteiger partial charge >= 0.3 is 0 Å². The maximum atomic E-state index is 13.1. The van der Waals surface area contributed by atoms with Crippen LogP contribution in [0.1, 0.15) is 22.0 Å². The van der Waals surface area contributed by atoms with Crippen LogP contribution >= 0.6 is 0 Å². The lowest BCUT2D eigenvalue weighted by Gasteiger charge is -2.08. The van der Waals surface area contributed by atoms with E-state index in [2.05, 4.69) is 20.4 Å². The van der Waals surface area contributed by atoms with Crippen LogP contribution in [0.4, 0.5) is 4.39 Å². The van der Waals surface area contributed by atoms with Crippen LogP contribution in [0, 0.1) is 12.7 Å². The first-order valence-corrected chi connectivity index (χ1v) is 10.3. The molecule has 2 heterocycles. The van der Waals surface area contributed by atoms with E-state index in [1.54, 1.807) is 31.3 Å². The number of nitrogens with zero attached hydrogens (tertiary/aromatic N) is 4. The van der Waals surface area contributed by atoms with Crippen LogP contribution < -0.4 is 14.8 Å². The highest BCUT2D eigenvalue weighted by atomic mass is 19.1. The zero-order chi connectivity index (χ0) is 23.0. The second-order valence-corrected chi connectivity index (χ2v) is 7.07. The number of nitrogens with one attached hydrogen (secondary N) is 1. The van der Waals surface area contributed by atoms with Gasteiger partial charge in [-0.3, -0.25) is 4.79 Å². The van der Waals surface area contributed by atoms with E-state index in [-0.39, 0.29) is 18.2 Å². The third-order valence-corrected chi connectivity index (χ3v) is 4.64. The van der Waals surface area contributed by atoms with Crippen molar-refractivity contribution in [3.05, 3.63) is 96.0 Å². The number of ether oxygens (including phenoxy) is 2. The molecule has 1 amide bonds.